The predicted molar refractivity (Wildman–Crippen MR) is 226 cm³/mol. The molecule has 0 rings (SSSR count). The van der Waals surface area contributed by atoms with Crippen LogP contribution in [0.5, 0.6) is 0 Å². The molecule has 0 bridgehead atoms. The summed E-state index contributed by atoms with van der Waals surface area (Å²) in [6.45, 7) is 2.64. The van der Waals surface area contributed by atoms with Crippen LogP contribution in [0.2, 0.25) is 0 Å². The van der Waals surface area contributed by atoms with E-state index in [-0.39, 0.29) is 19.4 Å². The summed E-state index contributed by atoms with van der Waals surface area (Å²) >= 11 is 0. The molecule has 0 heterocycles. The van der Waals surface area contributed by atoms with Gasteiger partial charge in [-0.2, -0.15) is 0 Å². The average Bonchev–Trinajstić information content (AvgIpc) is 3.17. The molecule has 12 heteroatoms. The number of hydrogen-bond acceptors (Lipinski definition) is 9. The van der Waals surface area contributed by atoms with Gasteiger partial charge in [0.2, 0.25) is 0 Å². The topological polar surface area (TPSA) is 172 Å². The Kier molecular flexibility index (Phi) is 37.1. The number of aliphatic carboxylic acids is 1. The van der Waals surface area contributed by atoms with Gasteiger partial charge in [-0.25, -0.2) is 4.57 Å². The van der Waals surface area contributed by atoms with E-state index in [1.165, 1.54) is 44.9 Å². The first-order valence-electron chi connectivity index (χ1n) is 21.3. The summed E-state index contributed by atoms with van der Waals surface area (Å²) in [5, 5.41) is 8.88. The van der Waals surface area contributed by atoms with Crippen molar-refractivity contribution in [3.8, 4) is 0 Å². The van der Waals surface area contributed by atoms with Crippen molar-refractivity contribution < 1.29 is 47.5 Å². The number of unbranched alkanes of at least 4 members (excludes halogenated alkanes) is 15. The third kappa shape index (κ3) is 38.1. The first kappa shape index (κ1) is 53.2. The highest BCUT2D eigenvalue weighted by Gasteiger charge is 2.28. The first-order chi connectivity index (χ1) is 27.1. The Hall–Kier alpha value is -2.82. The maximum absolute atomic E-state index is 12.6. The second kappa shape index (κ2) is 39.0. The van der Waals surface area contributed by atoms with E-state index in [0.717, 1.165) is 83.5 Å². The number of phosphoric ester groups is 1. The number of nitrogens with two attached hydrogens (primary N) is 1. The molecule has 0 aromatic carbocycles. The standard InChI is InChI=1S/C44H76NO10P/c1-3-5-7-9-11-13-15-17-19-20-22-23-25-27-29-31-33-35-42(46)52-37-40(38-53-56(50,51)54-39-41(45)44(48)49)55-43(47)36-34-32-30-28-26-24-21-18-16-14-12-10-8-6-4-2/h5,7,11,13-14,16-17,19,22-23,40-41H,3-4,6,8-10,12,15,18,20-21,24-39,45H2,1-2H3,(H,48,49)(H,50,51)/b7-5-,13-11-,16-14-,19-17-,23-22-/t40-,41+/m1/s1. The normalized spacial score (nSPS) is 14.4. The van der Waals surface area contributed by atoms with Crippen LogP contribution in [0, 0.1) is 0 Å². The van der Waals surface area contributed by atoms with Gasteiger partial charge < -0.3 is 25.2 Å². The van der Waals surface area contributed by atoms with E-state index in [2.05, 4.69) is 79.1 Å². The smallest absolute Gasteiger partial charge is 0.472 e. The molecule has 11 nitrogen and oxygen atoms in total. The summed E-state index contributed by atoms with van der Waals surface area (Å²) in [7, 11) is -4.72. The third-order valence-corrected chi connectivity index (χ3v) is 9.70. The summed E-state index contributed by atoms with van der Waals surface area (Å²) in [6.07, 6.45) is 44.2. The number of ether oxygens (including phenoxy) is 2. The molecule has 322 valence electrons. The lowest BCUT2D eigenvalue weighted by molar-refractivity contribution is -0.161. The first-order valence-corrected chi connectivity index (χ1v) is 22.8. The largest absolute Gasteiger partial charge is 0.480 e. The van der Waals surface area contributed by atoms with Gasteiger partial charge in [-0.05, 0) is 77.0 Å². The Morgan fingerprint density at radius 3 is 1.52 bits per heavy atom. The number of esters is 2. The molecule has 0 aliphatic carbocycles. The van der Waals surface area contributed by atoms with E-state index in [1.54, 1.807) is 0 Å². The van der Waals surface area contributed by atoms with Gasteiger partial charge in [-0.1, -0.05) is 139 Å². The number of carbonyl (C=O) groups is 3. The average molecular weight is 810 g/mol. The second-order valence-electron chi connectivity index (χ2n) is 14.1. The van der Waals surface area contributed by atoms with Crippen molar-refractivity contribution >= 4 is 25.7 Å². The summed E-state index contributed by atoms with van der Waals surface area (Å²) in [6, 6.07) is -1.53. The molecular weight excluding hydrogens is 733 g/mol. The fourth-order valence-electron chi connectivity index (χ4n) is 5.40. The number of carboxylic acids is 1. The van der Waals surface area contributed by atoms with Gasteiger partial charge in [-0.15, -0.1) is 0 Å². The fourth-order valence-corrected chi connectivity index (χ4v) is 6.18. The van der Waals surface area contributed by atoms with E-state index in [9.17, 15) is 23.8 Å². The Morgan fingerprint density at radius 1 is 0.571 bits per heavy atom. The summed E-state index contributed by atoms with van der Waals surface area (Å²) in [4.78, 5) is 45.9. The van der Waals surface area contributed by atoms with E-state index in [0.29, 0.717) is 12.8 Å². The number of carbonyl (C=O) groups excluding carboxylic acids is 2. The Balaban J connectivity index is 4.43. The molecule has 0 amide bonds. The van der Waals surface area contributed by atoms with Gasteiger partial charge in [0, 0.05) is 12.8 Å². The van der Waals surface area contributed by atoms with E-state index >= 15 is 0 Å². The van der Waals surface area contributed by atoms with Crippen molar-refractivity contribution in [1.29, 1.82) is 0 Å². The molecule has 4 N–H and O–H groups in total. The minimum Gasteiger partial charge on any atom is -0.480 e. The Labute approximate surface area is 338 Å². The molecular formula is C44H76NO10P. The van der Waals surface area contributed by atoms with Crippen molar-refractivity contribution in [2.24, 2.45) is 5.73 Å². The van der Waals surface area contributed by atoms with Gasteiger partial charge in [0.25, 0.3) is 0 Å². The van der Waals surface area contributed by atoms with Gasteiger partial charge in [-0.3, -0.25) is 23.4 Å². The van der Waals surface area contributed by atoms with Gasteiger partial charge in [0.1, 0.15) is 12.6 Å². The zero-order valence-corrected chi connectivity index (χ0v) is 35.6. The molecule has 0 saturated carbocycles. The maximum atomic E-state index is 12.6. The van der Waals surface area contributed by atoms with Crippen LogP contribution < -0.4 is 5.73 Å². The molecule has 0 aliphatic rings. The molecule has 0 radical (unpaired) electrons. The van der Waals surface area contributed by atoms with Crippen LogP contribution in [0.4, 0.5) is 0 Å². The zero-order valence-electron chi connectivity index (χ0n) is 34.7. The van der Waals surface area contributed by atoms with Gasteiger partial charge in [0.15, 0.2) is 6.10 Å². The highest BCUT2D eigenvalue weighted by molar-refractivity contribution is 7.47. The predicted octanol–water partition coefficient (Wildman–Crippen LogP) is 11.2. The van der Waals surface area contributed by atoms with E-state index < -0.39 is 51.1 Å². The quantitative estimate of drug-likeness (QED) is 0.0233. The Morgan fingerprint density at radius 2 is 1.00 bits per heavy atom. The Bertz CT molecular complexity index is 1180. The molecule has 0 saturated heterocycles. The SMILES string of the molecule is CC/C=C\C/C=C\C/C=C\C/C=C\CCCCCCC(=O)OC[C@H](COP(=O)(O)OC[C@H](N)C(=O)O)OC(=O)CCCCCCCCC/C=C\CCCCCC. The van der Waals surface area contributed by atoms with Crippen LogP contribution in [-0.2, 0) is 37.5 Å². The lowest BCUT2D eigenvalue weighted by Gasteiger charge is -2.20. The minimum atomic E-state index is -4.72. The van der Waals surface area contributed by atoms with Gasteiger partial charge in [0.05, 0.1) is 13.2 Å². The highest BCUT2D eigenvalue weighted by Crippen LogP contribution is 2.43. The molecule has 56 heavy (non-hydrogen) atoms. The maximum Gasteiger partial charge on any atom is 0.472 e. The van der Waals surface area contributed by atoms with E-state index in [4.69, 9.17) is 24.8 Å². The van der Waals surface area contributed by atoms with Crippen LogP contribution in [0.1, 0.15) is 168 Å². The van der Waals surface area contributed by atoms with Gasteiger partial charge >= 0.3 is 25.7 Å². The summed E-state index contributed by atoms with van der Waals surface area (Å²) in [5.41, 5.74) is 5.33. The van der Waals surface area contributed by atoms with Crippen molar-refractivity contribution in [2.45, 2.75) is 180 Å². The van der Waals surface area contributed by atoms with Crippen LogP contribution in [0.15, 0.2) is 60.8 Å². The van der Waals surface area contributed by atoms with Crippen molar-refractivity contribution in [3.05, 3.63) is 60.8 Å². The summed E-state index contributed by atoms with van der Waals surface area (Å²) < 4.78 is 32.6. The molecule has 0 aromatic heterocycles. The van der Waals surface area contributed by atoms with Crippen LogP contribution in [-0.4, -0.2) is 59.9 Å². The second-order valence-corrected chi connectivity index (χ2v) is 15.5. The number of rotatable bonds is 39. The monoisotopic (exact) mass is 810 g/mol. The highest BCUT2D eigenvalue weighted by atomic mass is 31.2. The van der Waals surface area contributed by atoms with Crippen LogP contribution in [0.3, 0.4) is 0 Å². The van der Waals surface area contributed by atoms with Crippen molar-refractivity contribution in [2.75, 3.05) is 19.8 Å². The number of phosphoric acid groups is 1. The molecule has 0 spiro atoms. The van der Waals surface area contributed by atoms with Crippen molar-refractivity contribution in [3.63, 3.8) is 0 Å². The van der Waals surface area contributed by atoms with Crippen LogP contribution >= 0.6 is 7.82 Å². The number of carboxylic acid groups (broad SMARTS) is 1. The minimum absolute atomic E-state index is 0.148. The van der Waals surface area contributed by atoms with Crippen molar-refractivity contribution in [1.82, 2.24) is 0 Å². The lowest BCUT2D eigenvalue weighted by atomic mass is 10.1. The summed E-state index contributed by atoms with van der Waals surface area (Å²) in [5.74, 6) is -2.42. The lowest BCUT2D eigenvalue weighted by Crippen LogP contribution is -2.34. The fraction of sp³-hybridized carbons (Fsp3) is 0.705. The van der Waals surface area contributed by atoms with Crippen LogP contribution in [0.25, 0.3) is 0 Å². The molecule has 0 fully saturated rings. The zero-order chi connectivity index (χ0) is 41.4. The number of hydrogen-bond donors (Lipinski definition) is 3. The molecule has 1 unspecified atom stereocenters. The molecule has 3 atom stereocenters. The molecule has 0 aromatic rings. The van der Waals surface area contributed by atoms with E-state index in [1.807, 2.05) is 0 Å². The number of allylic oxidation sites excluding steroid dienone is 10. The third-order valence-electron chi connectivity index (χ3n) is 8.75. The molecule has 0 aliphatic heterocycles.